The SMILES string of the molecule is CC(=O)SCCNS(C)(=O)=O.CCC. The first-order valence-electron chi connectivity index (χ1n) is 4.41. The van der Waals surface area contributed by atoms with E-state index >= 15 is 0 Å². The van der Waals surface area contributed by atoms with Crippen molar-refractivity contribution in [1.82, 2.24) is 4.72 Å². The number of rotatable bonds is 4. The summed E-state index contributed by atoms with van der Waals surface area (Å²) in [5.74, 6) is 0.488. The van der Waals surface area contributed by atoms with Crippen LogP contribution in [-0.2, 0) is 14.8 Å². The van der Waals surface area contributed by atoms with Crippen molar-refractivity contribution in [1.29, 1.82) is 0 Å². The Labute approximate surface area is 90.9 Å². The van der Waals surface area contributed by atoms with Crippen molar-refractivity contribution in [2.24, 2.45) is 0 Å². The summed E-state index contributed by atoms with van der Waals surface area (Å²) in [6.45, 7) is 6.01. The van der Waals surface area contributed by atoms with E-state index in [4.69, 9.17) is 0 Å². The smallest absolute Gasteiger partial charge is 0.208 e. The molecule has 0 aromatic heterocycles. The summed E-state index contributed by atoms with van der Waals surface area (Å²) < 4.78 is 23.2. The summed E-state index contributed by atoms with van der Waals surface area (Å²) >= 11 is 1.11. The van der Waals surface area contributed by atoms with Crippen molar-refractivity contribution < 1.29 is 13.2 Å². The van der Waals surface area contributed by atoms with Gasteiger partial charge in [0.2, 0.25) is 10.0 Å². The molecule has 0 saturated carbocycles. The highest BCUT2D eigenvalue weighted by molar-refractivity contribution is 8.13. The molecular formula is C8H19NO3S2. The van der Waals surface area contributed by atoms with E-state index in [0.29, 0.717) is 12.3 Å². The van der Waals surface area contributed by atoms with E-state index in [1.165, 1.54) is 13.3 Å². The highest BCUT2D eigenvalue weighted by atomic mass is 32.2. The monoisotopic (exact) mass is 241 g/mol. The Kier molecular flexibility index (Phi) is 11.1. The van der Waals surface area contributed by atoms with Gasteiger partial charge in [0.25, 0.3) is 0 Å². The van der Waals surface area contributed by atoms with Crippen LogP contribution >= 0.6 is 11.8 Å². The van der Waals surface area contributed by atoms with Crippen LogP contribution in [0.25, 0.3) is 0 Å². The zero-order valence-corrected chi connectivity index (χ0v) is 10.8. The molecule has 0 rings (SSSR count). The van der Waals surface area contributed by atoms with Crippen LogP contribution in [0.2, 0.25) is 0 Å². The molecule has 0 atom stereocenters. The lowest BCUT2D eigenvalue weighted by Gasteiger charge is -1.98. The van der Waals surface area contributed by atoms with Crippen LogP contribution in [0.5, 0.6) is 0 Å². The minimum absolute atomic E-state index is 0.000279. The first kappa shape index (κ1) is 16.4. The summed E-state index contributed by atoms with van der Waals surface area (Å²) in [6, 6.07) is 0. The number of nitrogens with one attached hydrogen (secondary N) is 1. The highest BCUT2D eigenvalue weighted by Gasteiger charge is 1.99. The Morgan fingerprint density at radius 3 is 2.07 bits per heavy atom. The lowest BCUT2D eigenvalue weighted by atomic mass is 10.6. The third kappa shape index (κ3) is 22.7. The normalized spacial score (nSPS) is 10.3. The van der Waals surface area contributed by atoms with Gasteiger partial charge in [0, 0.05) is 19.2 Å². The molecule has 0 fully saturated rings. The van der Waals surface area contributed by atoms with E-state index < -0.39 is 10.0 Å². The number of carbonyl (C=O) groups excluding carboxylic acids is 1. The summed E-state index contributed by atoms with van der Waals surface area (Å²) in [5, 5.41) is 0.000279. The molecular weight excluding hydrogens is 222 g/mol. The number of hydrogen-bond acceptors (Lipinski definition) is 4. The molecule has 0 aliphatic heterocycles. The first-order valence-corrected chi connectivity index (χ1v) is 7.29. The quantitative estimate of drug-likeness (QED) is 0.752. The van der Waals surface area contributed by atoms with Crippen LogP contribution in [0.3, 0.4) is 0 Å². The number of carbonyl (C=O) groups is 1. The summed E-state index contributed by atoms with van der Waals surface area (Å²) in [6.07, 6.45) is 2.34. The Morgan fingerprint density at radius 2 is 1.79 bits per heavy atom. The van der Waals surface area contributed by atoms with Crippen molar-refractivity contribution in [3.05, 3.63) is 0 Å². The average Bonchev–Trinajstić information content (AvgIpc) is 1.98. The van der Waals surface area contributed by atoms with Crippen LogP contribution in [0.4, 0.5) is 0 Å². The molecule has 6 heteroatoms. The summed E-state index contributed by atoms with van der Waals surface area (Å²) in [7, 11) is -3.10. The largest absolute Gasteiger partial charge is 0.288 e. The predicted octanol–water partition coefficient (Wildman–Crippen LogP) is 1.23. The van der Waals surface area contributed by atoms with Crippen molar-refractivity contribution in [3.63, 3.8) is 0 Å². The molecule has 0 bridgehead atoms. The molecule has 0 saturated heterocycles. The van der Waals surface area contributed by atoms with Crippen LogP contribution in [0, 0.1) is 0 Å². The second-order valence-electron chi connectivity index (χ2n) is 2.71. The van der Waals surface area contributed by atoms with E-state index in [-0.39, 0.29) is 5.12 Å². The van der Waals surface area contributed by atoms with Gasteiger partial charge in [-0.15, -0.1) is 0 Å². The van der Waals surface area contributed by atoms with Crippen molar-refractivity contribution in [3.8, 4) is 0 Å². The summed E-state index contributed by atoms with van der Waals surface area (Å²) in [5.41, 5.74) is 0. The van der Waals surface area contributed by atoms with Crippen molar-refractivity contribution in [2.75, 3.05) is 18.6 Å². The van der Waals surface area contributed by atoms with Gasteiger partial charge in [0.05, 0.1) is 6.26 Å². The lowest BCUT2D eigenvalue weighted by molar-refractivity contribution is -0.109. The predicted molar refractivity (Wildman–Crippen MR) is 62.0 cm³/mol. The van der Waals surface area contributed by atoms with Gasteiger partial charge in [0.1, 0.15) is 0 Å². The molecule has 86 valence electrons. The van der Waals surface area contributed by atoms with Gasteiger partial charge in [-0.05, 0) is 0 Å². The molecule has 4 nitrogen and oxygen atoms in total. The minimum atomic E-state index is -3.10. The molecule has 0 unspecified atom stereocenters. The Morgan fingerprint density at radius 1 is 1.36 bits per heavy atom. The molecule has 0 heterocycles. The zero-order valence-electron chi connectivity index (χ0n) is 9.16. The fraction of sp³-hybridized carbons (Fsp3) is 0.875. The van der Waals surface area contributed by atoms with Crippen LogP contribution in [0.15, 0.2) is 0 Å². The van der Waals surface area contributed by atoms with Crippen molar-refractivity contribution >= 4 is 26.9 Å². The summed E-state index contributed by atoms with van der Waals surface area (Å²) in [4.78, 5) is 10.4. The molecule has 0 spiro atoms. The third-order valence-corrected chi connectivity index (χ3v) is 2.31. The van der Waals surface area contributed by atoms with Gasteiger partial charge >= 0.3 is 0 Å². The van der Waals surface area contributed by atoms with Gasteiger partial charge in [-0.3, -0.25) is 4.79 Å². The van der Waals surface area contributed by atoms with Crippen LogP contribution in [-0.4, -0.2) is 32.1 Å². The molecule has 0 aliphatic carbocycles. The maximum absolute atomic E-state index is 10.5. The number of sulfonamides is 1. The number of thioether (sulfide) groups is 1. The fourth-order valence-electron chi connectivity index (χ4n) is 0.422. The Balaban J connectivity index is 0. The van der Waals surface area contributed by atoms with Crippen molar-refractivity contribution in [2.45, 2.75) is 27.2 Å². The maximum Gasteiger partial charge on any atom is 0.208 e. The Hall–Kier alpha value is -0.0700. The molecule has 14 heavy (non-hydrogen) atoms. The van der Waals surface area contributed by atoms with E-state index in [2.05, 4.69) is 18.6 Å². The van der Waals surface area contributed by atoms with Gasteiger partial charge in [-0.25, -0.2) is 13.1 Å². The first-order chi connectivity index (χ1) is 6.33. The molecule has 1 N–H and O–H groups in total. The van der Waals surface area contributed by atoms with Gasteiger partial charge in [0.15, 0.2) is 5.12 Å². The van der Waals surface area contributed by atoms with E-state index in [9.17, 15) is 13.2 Å². The van der Waals surface area contributed by atoms with Crippen LogP contribution in [0.1, 0.15) is 27.2 Å². The number of hydrogen-bond donors (Lipinski definition) is 1. The molecule has 0 aromatic rings. The minimum Gasteiger partial charge on any atom is -0.288 e. The molecule has 0 aromatic carbocycles. The molecule has 0 aliphatic rings. The van der Waals surface area contributed by atoms with Gasteiger partial charge < -0.3 is 0 Å². The topological polar surface area (TPSA) is 63.2 Å². The standard InChI is InChI=1S/C5H11NO3S2.C3H8/c1-5(7)10-4-3-6-11(2,8)9;1-3-2/h6H,3-4H2,1-2H3;3H2,1-2H3. The van der Waals surface area contributed by atoms with Gasteiger partial charge in [-0.2, -0.15) is 0 Å². The molecule has 0 amide bonds. The lowest BCUT2D eigenvalue weighted by Crippen LogP contribution is -2.24. The zero-order chi connectivity index (χ0) is 11.6. The third-order valence-electron chi connectivity index (χ3n) is 0.772. The highest BCUT2D eigenvalue weighted by Crippen LogP contribution is 1.98. The maximum atomic E-state index is 10.5. The van der Waals surface area contributed by atoms with Gasteiger partial charge in [-0.1, -0.05) is 32.0 Å². The van der Waals surface area contributed by atoms with Crippen LogP contribution < -0.4 is 4.72 Å². The van der Waals surface area contributed by atoms with E-state index in [1.54, 1.807) is 0 Å². The van der Waals surface area contributed by atoms with E-state index in [1.807, 2.05) is 0 Å². The second-order valence-corrected chi connectivity index (χ2v) is 5.82. The van der Waals surface area contributed by atoms with E-state index in [0.717, 1.165) is 18.0 Å². The molecule has 0 radical (unpaired) electrons. The fourth-order valence-corrected chi connectivity index (χ4v) is 1.52. The second kappa shape index (κ2) is 9.48. The Bertz CT molecular complexity index is 237. The average molecular weight is 241 g/mol.